The quantitative estimate of drug-likeness (QED) is 0.328. The molecule has 3 aromatic rings. The van der Waals surface area contributed by atoms with Crippen molar-refractivity contribution in [3.05, 3.63) is 71.8 Å². The Morgan fingerprint density at radius 3 is 2.34 bits per heavy atom. The molecule has 0 spiro atoms. The van der Waals surface area contributed by atoms with Crippen molar-refractivity contribution in [2.45, 2.75) is 25.2 Å². The first-order valence-corrected chi connectivity index (χ1v) is 12.5. The fraction of sp³-hybridized carbons (Fsp3) is 0.231. The number of carbonyl (C=O) groups excluding carboxylic acids is 2. The van der Waals surface area contributed by atoms with Gasteiger partial charge in [-0.15, -0.1) is 0 Å². The molecule has 0 fully saturated rings. The average molecular weight is 498 g/mol. The summed E-state index contributed by atoms with van der Waals surface area (Å²) in [6.07, 6.45) is 2.77. The minimum Gasteiger partial charge on any atom is -0.497 e. The van der Waals surface area contributed by atoms with Gasteiger partial charge in [-0.3, -0.25) is 9.52 Å². The van der Waals surface area contributed by atoms with Gasteiger partial charge in [0.2, 0.25) is 0 Å². The van der Waals surface area contributed by atoms with Crippen molar-refractivity contribution >= 4 is 44.5 Å². The van der Waals surface area contributed by atoms with Crippen molar-refractivity contribution in [2.75, 3.05) is 25.0 Å². The lowest BCUT2D eigenvalue weighted by molar-refractivity contribution is -0.142. The average Bonchev–Trinajstić information content (AvgIpc) is 2.83. The summed E-state index contributed by atoms with van der Waals surface area (Å²) in [5.74, 6) is -0.483. The molecule has 0 aliphatic rings. The number of hydrogen-bond acceptors (Lipinski definition) is 7. The summed E-state index contributed by atoms with van der Waals surface area (Å²) in [4.78, 5) is 23.9. The van der Waals surface area contributed by atoms with Crippen LogP contribution in [0, 0.1) is 0 Å². The van der Waals surface area contributed by atoms with Gasteiger partial charge in [0.25, 0.3) is 10.0 Å². The standard InChI is InChI=1S/C26H27NO7S/c1-4-33-25(28)15-11-18-10-14-24(22-9-7-6-8-21(18)22)35(30,31)27-23-13-12-20(32-3)16-19(23)17-26(29)34-5-2/h6-16,27H,4-5,17H2,1-3H3/b15-11+. The molecular formula is C26H27NO7S. The first-order valence-electron chi connectivity index (χ1n) is 11.0. The number of fused-ring (bicyclic) bond motifs is 1. The number of carbonyl (C=O) groups is 2. The maximum absolute atomic E-state index is 13.4. The van der Waals surface area contributed by atoms with Crippen LogP contribution in [-0.4, -0.2) is 40.7 Å². The highest BCUT2D eigenvalue weighted by Crippen LogP contribution is 2.30. The lowest BCUT2D eigenvalue weighted by atomic mass is 10.0. The van der Waals surface area contributed by atoms with E-state index in [0.717, 1.165) is 0 Å². The molecule has 0 aliphatic heterocycles. The van der Waals surface area contributed by atoms with E-state index >= 15 is 0 Å². The largest absolute Gasteiger partial charge is 0.497 e. The summed E-state index contributed by atoms with van der Waals surface area (Å²) in [6, 6.07) is 14.8. The maximum atomic E-state index is 13.4. The second-order valence-electron chi connectivity index (χ2n) is 7.39. The lowest BCUT2D eigenvalue weighted by Gasteiger charge is -2.15. The van der Waals surface area contributed by atoms with Crippen LogP contribution in [0.15, 0.2) is 65.6 Å². The molecule has 184 valence electrons. The van der Waals surface area contributed by atoms with Crippen LogP contribution in [0.3, 0.4) is 0 Å². The topological polar surface area (TPSA) is 108 Å². The number of methoxy groups -OCH3 is 1. The second kappa shape index (κ2) is 11.5. The Morgan fingerprint density at radius 1 is 0.943 bits per heavy atom. The molecular weight excluding hydrogens is 470 g/mol. The molecule has 3 rings (SSSR count). The molecule has 0 unspecified atom stereocenters. The van der Waals surface area contributed by atoms with Gasteiger partial charge in [-0.05, 0) is 60.7 Å². The van der Waals surface area contributed by atoms with E-state index in [2.05, 4.69) is 4.72 Å². The van der Waals surface area contributed by atoms with Crippen LogP contribution in [0.5, 0.6) is 5.75 Å². The minimum absolute atomic E-state index is 0.0549. The summed E-state index contributed by atoms with van der Waals surface area (Å²) >= 11 is 0. The Kier molecular flexibility index (Phi) is 8.48. The van der Waals surface area contributed by atoms with E-state index in [1.807, 2.05) is 0 Å². The predicted octanol–water partition coefficient (Wildman–Crippen LogP) is 4.33. The number of nitrogens with one attached hydrogen (secondary N) is 1. The van der Waals surface area contributed by atoms with Gasteiger partial charge in [0, 0.05) is 11.5 Å². The van der Waals surface area contributed by atoms with Crippen molar-refractivity contribution in [2.24, 2.45) is 0 Å². The van der Waals surface area contributed by atoms with Gasteiger partial charge in [0.1, 0.15) is 5.75 Å². The highest BCUT2D eigenvalue weighted by molar-refractivity contribution is 7.93. The number of ether oxygens (including phenoxy) is 3. The van der Waals surface area contributed by atoms with Crippen LogP contribution in [0.25, 0.3) is 16.8 Å². The number of rotatable bonds is 10. The molecule has 9 heteroatoms. The SMILES string of the molecule is CCOC(=O)/C=C/c1ccc(S(=O)(=O)Nc2ccc(OC)cc2CC(=O)OCC)c2ccccc12. The fourth-order valence-corrected chi connectivity index (χ4v) is 4.85. The monoisotopic (exact) mass is 497 g/mol. The fourth-order valence-electron chi connectivity index (χ4n) is 3.53. The Labute approximate surface area is 204 Å². The van der Waals surface area contributed by atoms with Gasteiger partial charge >= 0.3 is 11.9 Å². The number of anilines is 1. The van der Waals surface area contributed by atoms with E-state index in [9.17, 15) is 18.0 Å². The van der Waals surface area contributed by atoms with E-state index < -0.39 is 22.0 Å². The molecule has 0 heterocycles. The van der Waals surface area contributed by atoms with Crippen molar-refractivity contribution < 1.29 is 32.2 Å². The summed E-state index contributed by atoms with van der Waals surface area (Å²) in [5.41, 5.74) is 1.33. The molecule has 0 saturated carbocycles. The zero-order valence-electron chi connectivity index (χ0n) is 19.7. The van der Waals surface area contributed by atoms with Gasteiger partial charge in [0.05, 0.1) is 37.3 Å². The van der Waals surface area contributed by atoms with Gasteiger partial charge in [-0.25, -0.2) is 13.2 Å². The lowest BCUT2D eigenvalue weighted by Crippen LogP contribution is -2.16. The predicted molar refractivity (Wildman–Crippen MR) is 134 cm³/mol. The third-order valence-electron chi connectivity index (χ3n) is 5.09. The maximum Gasteiger partial charge on any atom is 0.330 e. The van der Waals surface area contributed by atoms with E-state index in [4.69, 9.17) is 14.2 Å². The summed E-state index contributed by atoms with van der Waals surface area (Å²) in [7, 11) is -2.56. The molecule has 0 aliphatic carbocycles. The highest BCUT2D eigenvalue weighted by Gasteiger charge is 2.21. The molecule has 3 aromatic carbocycles. The van der Waals surface area contributed by atoms with Crippen molar-refractivity contribution in [3.8, 4) is 5.75 Å². The molecule has 0 bridgehead atoms. The second-order valence-corrected chi connectivity index (χ2v) is 9.05. The van der Waals surface area contributed by atoms with Crippen LogP contribution < -0.4 is 9.46 Å². The highest BCUT2D eigenvalue weighted by atomic mass is 32.2. The Morgan fingerprint density at radius 2 is 1.66 bits per heavy atom. The van der Waals surface area contributed by atoms with Crippen molar-refractivity contribution in [3.63, 3.8) is 0 Å². The van der Waals surface area contributed by atoms with Crippen LogP contribution in [-0.2, 0) is 35.5 Å². The molecule has 0 aromatic heterocycles. The number of sulfonamides is 1. The first-order chi connectivity index (χ1) is 16.8. The van der Waals surface area contributed by atoms with Gasteiger partial charge in [0.15, 0.2) is 0 Å². The number of hydrogen-bond donors (Lipinski definition) is 1. The molecule has 0 atom stereocenters. The van der Waals surface area contributed by atoms with Gasteiger partial charge in [-0.1, -0.05) is 30.3 Å². The van der Waals surface area contributed by atoms with Gasteiger partial charge in [-0.2, -0.15) is 0 Å². The summed E-state index contributed by atoms with van der Waals surface area (Å²) in [6.45, 7) is 3.89. The van der Waals surface area contributed by atoms with Crippen molar-refractivity contribution in [1.82, 2.24) is 0 Å². The van der Waals surface area contributed by atoms with E-state index in [1.165, 1.54) is 19.3 Å². The Hall–Kier alpha value is -3.85. The number of benzene rings is 3. The molecule has 1 N–H and O–H groups in total. The molecule has 0 amide bonds. The Balaban J connectivity index is 2.01. The van der Waals surface area contributed by atoms with Crippen LogP contribution in [0.1, 0.15) is 25.0 Å². The van der Waals surface area contributed by atoms with E-state index in [1.54, 1.807) is 68.5 Å². The molecule has 35 heavy (non-hydrogen) atoms. The van der Waals surface area contributed by atoms with Crippen LogP contribution in [0.2, 0.25) is 0 Å². The minimum atomic E-state index is -4.05. The summed E-state index contributed by atoms with van der Waals surface area (Å²) in [5, 5.41) is 1.13. The molecule has 0 saturated heterocycles. The third kappa shape index (κ3) is 6.39. The van der Waals surface area contributed by atoms with Gasteiger partial charge < -0.3 is 14.2 Å². The third-order valence-corrected chi connectivity index (χ3v) is 6.51. The molecule has 0 radical (unpaired) electrons. The normalized spacial score (nSPS) is 11.4. The number of esters is 2. The van der Waals surface area contributed by atoms with Crippen LogP contribution >= 0.6 is 0 Å². The van der Waals surface area contributed by atoms with E-state index in [-0.39, 0.29) is 30.2 Å². The first kappa shape index (κ1) is 25.8. The van der Waals surface area contributed by atoms with Crippen molar-refractivity contribution in [1.29, 1.82) is 0 Å². The van der Waals surface area contributed by atoms with E-state index in [0.29, 0.717) is 27.6 Å². The zero-order valence-corrected chi connectivity index (χ0v) is 20.6. The molecule has 8 nitrogen and oxygen atoms in total. The van der Waals surface area contributed by atoms with Crippen LogP contribution in [0.4, 0.5) is 5.69 Å². The zero-order chi connectivity index (χ0) is 25.4. The smallest absolute Gasteiger partial charge is 0.330 e. The summed E-state index contributed by atoms with van der Waals surface area (Å²) < 4.78 is 44.6. The Bertz CT molecular complexity index is 1360.